The van der Waals surface area contributed by atoms with E-state index in [1.54, 1.807) is 4.57 Å². The Morgan fingerprint density at radius 2 is 1.90 bits per heavy atom. The Balaban J connectivity index is 2.57. The lowest BCUT2D eigenvalue weighted by Crippen LogP contribution is -2.34. The van der Waals surface area contributed by atoms with Gasteiger partial charge in [0.25, 0.3) is 0 Å². The van der Waals surface area contributed by atoms with Crippen molar-refractivity contribution in [3.8, 4) is 0 Å². The zero-order valence-electron chi connectivity index (χ0n) is 12.9. The fourth-order valence-electron chi connectivity index (χ4n) is 3.41. The number of aromatic nitrogens is 2. The molecule has 116 valence electrons. The molecule has 1 saturated carbocycles. The molecule has 0 aliphatic heterocycles. The van der Waals surface area contributed by atoms with Crippen LogP contribution in [-0.4, -0.2) is 20.6 Å². The van der Waals surface area contributed by atoms with E-state index in [0.717, 1.165) is 36.9 Å². The summed E-state index contributed by atoms with van der Waals surface area (Å²) in [7, 11) is 0. The van der Waals surface area contributed by atoms with Crippen LogP contribution in [0.25, 0.3) is 0 Å². The number of rotatable bonds is 5. The van der Waals surface area contributed by atoms with Crippen LogP contribution in [0.5, 0.6) is 0 Å². The van der Waals surface area contributed by atoms with Gasteiger partial charge in [-0.1, -0.05) is 33.1 Å². The molecular formula is C16H24N2O3. The maximum Gasteiger partial charge on any atom is 0.348 e. The van der Waals surface area contributed by atoms with Crippen LogP contribution < -0.4 is 5.69 Å². The lowest BCUT2D eigenvalue weighted by atomic mass is 9.94. The van der Waals surface area contributed by atoms with Gasteiger partial charge < -0.3 is 5.11 Å². The number of aryl methyl sites for hydroxylation is 1. The van der Waals surface area contributed by atoms with Crippen LogP contribution in [0, 0.1) is 0 Å². The molecule has 0 unspecified atom stereocenters. The highest BCUT2D eigenvalue weighted by Crippen LogP contribution is 2.29. The minimum absolute atomic E-state index is 0.0493. The lowest BCUT2D eigenvalue weighted by molar-refractivity contribution is -0.136. The first kappa shape index (κ1) is 15.7. The molecule has 0 radical (unpaired) electrons. The molecule has 1 heterocycles. The maximum atomic E-state index is 12.4. The molecule has 1 aromatic heterocycles. The number of carboxylic acid groups (broad SMARTS) is 1. The molecule has 0 saturated heterocycles. The van der Waals surface area contributed by atoms with E-state index in [2.05, 4.69) is 4.98 Å². The Bertz CT molecular complexity index is 572. The SMILES string of the molecule is CCc1nc(=O)n(C2CCCCC2)c(CC)c1CC(=O)O. The topological polar surface area (TPSA) is 72.2 Å². The van der Waals surface area contributed by atoms with Gasteiger partial charge in [-0.2, -0.15) is 4.98 Å². The van der Waals surface area contributed by atoms with E-state index in [9.17, 15) is 9.59 Å². The second-order valence-corrected chi connectivity index (χ2v) is 5.71. The second-order valence-electron chi connectivity index (χ2n) is 5.71. The molecule has 1 aromatic rings. The highest BCUT2D eigenvalue weighted by Gasteiger charge is 2.23. The summed E-state index contributed by atoms with van der Waals surface area (Å²) < 4.78 is 1.79. The van der Waals surface area contributed by atoms with Crippen molar-refractivity contribution >= 4 is 5.97 Å². The normalized spacial score (nSPS) is 16.1. The number of nitrogens with zero attached hydrogens (tertiary/aromatic N) is 2. The Hall–Kier alpha value is -1.65. The van der Waals surface area contributed by atoms with Crippen molar-refractivity contribution in [2.75, 3.05) is 0 Å². The fourth-order valence-corrected chi connectivity index (χ4v) is 3.41. The summed E-state index contributed by atoms with van der Waals surface area (Å²) in [6, 6.07) is 0.187. The summed E-state index contributed by atoms with van der Waals surface area (Å²) in [5.41, 5.74) is 2.06. The Morgan fingerprint density at radius 3 is 2.43 bits per heavy atom. The molecule has 2 rings (SSSR count). The van der Waals surface area contributed by atoms with Crippen molar-refractivity contribution < 1.29 is 9.90 Å². The summed E-state index contributed by atoms with van der Waals surface area (Å²) in [5.74, 6) is -0.866. The van der Waals surface area contributed by atoms with Gasteiger partial charge in [0, 0.05) is 17.3 Å². The zero-order valence-corrected chi connectivity index (χ0v) is 12.9. The fraction of sp³-hybridized carbons (Fsp3) is 0.688. The quantitative estimate of drug-likeness (QED) is 0.905. The summed E-state index contributed by atoms with van der Waals surface area (Å²) in [6.45, 7) is 3.90. The van der Waals surface area contributed by atoms with E-state index in [1.807, 2.05) is 13.8 Å². The molecule has 1 aliphatic rings. The highest BCUT2D eigenvalue weighted by molar-refractivity contribution is 5.71. The third-order valence-electron chi connectivity index (χ3n) is 4.36. The van der Waals surface area contributed by atoms with Crippen molar-refractivity contribution in [3.05, 3.63) is 27.4 Å². The van der Waals surface area contributed by atoms with Gasteiger partial charge in [0.2, 0.25) is 0 Å². The first-order chi connectivity index (χ1) is 10.1. The maximum absolute atomic E-state index is 12.4. The minimum Gasteiger partial charge on any atom is -0.481 e. The average Bonchev–Trinajstić information content (AvgIpc) is 2.48. The van der Waals surface area contributed by atoms with Crippen LogP contribution in [0.2, 0.25) is 0 Å². The Kier molecular flexibility index (Phi) is 5.15. The van der Waals surface area contributed by atoms with E-state index in [1.165, 1.54) is 6.42 Å². The zero-order chi connectivity index (χ0) is 15.4. The largest absolute Gasteiger partial charge is 0.481 e. The van der Waals surface area contributed by atoms with Gasteiger partial charge >= 0.3 is 11.7 Å². The van der Waals surface area contributed by atoms with Gasteiger partial charge in [-0.25, -0.2) is 4.79 Å². The van der Waals surface area contributed by atoms with E-state index in [0.29, 0.717) is 18.5 Å². The van der Waals surface area contributed by atoms with Gasteiger partial charge in [-0.15, -0.1) is 0 Å². The van der Waals surface area contributed by atoms with Gasteiger partial charge in [0.05, 0.1) is 12.1 Å². The summed E-state index contributed by atoms with van der Waals surface area (Å²) in [4.78, 5) is 27.8. The average molecular weight is 292 g/mol. The molecule has 1 aliphatic carbocycles. The number of hydrogen-bond donors (Lipinski definition) is 1. The lowest BCUT2D eigenvalue weighted by Gasteiger charge is -2.27. The van der Waals surface area contributed by atoms with Crippen LogP contribution in [0.3, 0.4) is 0 Å². The molecule has 0 amide bonds. The number of carbonyl (C=O) groups is 1. The first-order valence-corrected chi connectivity index (χ1v) is 7.93. The van der Waals surface area contributed by atoms with Crippen molar-refractivity contribution in [1.82, 2.24) is 9.55 Å². The number of aliphatic carboxylic acids is 1. The molecule has 21 heavy (non-hydrogen) atoms. The molecule has 1 fully saturated rings. The van der Waals surface area contributed by atoms with Crippen LogP contribution in [0.4, 0.5) is 0 Å². The Morgan fingerprint density at radius 1 is 1.24 bits per heavy atom. The predicted octanol–water partition coefficient (Wildman–Crippen LogP) is 2.50. The standard InChI is InChI=1S/C16H24N2O3/c1-3-13-12(10-15(19)20)14(4-2)18(16(21)17-13)11-8-6-5-7-9-11/h11H,3-10H2,1-2H3,(H,19,20). The van der Waals surface area contributed by atoms with E-state index >= 15 is 0 Å². The van der Waals surface area contributed by atoms with E-state index in [4.69, 9.17) is 5.11 Å². The molecule has 5 heteroatoms. The molecule has 0 spiro atoms. The van der Waals surface area contributed by atoms with Crippen molar-refractivity contribution in [1.29, 1.82) is 0 Å². The van der Waals surface area contributed by atoms with Crippen LogP contribution >= 0.6 is 0 Å². The van der Waals surface area contributed by atoms with Crippen LogP contribution in [-0.2, 0) is 24.1 Å². The molecule has 0 bridgehead atoms. The third-order valence-corrected chi connectivity index (χ3v) is 4.36. The van der Waals surface area contributed by atoms with E-state index in [-0.39, 0.29) is 18.2 Å². The van der Waals surface area contributed by atoms with E-state index < -0.39 is 5.97 Å². The predicted molar refractivity (Wildman–Crippen MR) is 80.7 cm³/mol. The highest BCUT2D eigenvalue weighted by atomic mass is 16.4. The van der Waals surface area contributed by atoms with Gasteiger partial charge in [0.1, 0.15) is 0 Å². The third kappa shape index (κ3) is 3.34. The number of hydrogen-bond acceptors (Lipinski definition) is 3. The van der Waals surface area contributed by atoms with Gasteiger partial charge in [-0.3, -0.25) is 9.36 Å². The summed E-state index contributed by atoms with van der Waals surface area (Å²) >= 11 is 0. The number of carboxylic acids is 1. The first-order valence-electron chi connectivity index (χ1n) is 7.93. The second kappa shape index (κ2) is 6.87. The van der Waals surface area contributed by atoms with Crippen molar-refractivity contribution in [2.24, 2.45) is 0 Å². The van der Waals surface area contributed by atoms with Crippen molar-refractivity contribution in [3.63, 3.8) is 0 Å². The molecule has 0 atom stereocenters. The molecular weight excluding hydrogens is 268 g/mol. The smallest absolute Gasteiger partial charge is 0.348 e. The molecule has 5 nitrogen and oxygen atoms in total. The van der Waals surface area contributed by atoms with Crippen molar-refractivity contribution in [2.45, 2.75) is 71.3 Å². The molecule has 1 N–H and O–H groups in total. The Labute approximate surface area is 125 Å². The van der Waals surface area contributed by atoms with Gasteiger partial charge in [-0.05, 0) is 25.7 Å². The van der Waals surface area contributed by atoms with Crippen LogP contribution in [0.15, 0.2) is 4.79 Å². The summed E-state index contributed by atoms with van der Waals surface area (Å²) in [5, 5.41) is 9.16. The minimum atomic E-state index is -0.866. The molecule has 0 aromatic carbocycles. The van der Waals surface area contributed by atoms with Gasteiger partial charge in [0.15, 0.2) is 0 Å². The van der Waals surface area contributed by atoms with Crippen LogP contribution in [0.1, 0.15) is 68.9 Å². The monoisotopic (exact) mass is 292 g/mol. The summed E-state index contributed by atoms with van der Waals surface area (Å²) in [6.07, 6.45) is 6.68.